The molecule has 1 saturated heterocycles. The maximum Gasteiger partial charge on any atom is 0.522 e. The molecule has 1 atom stereocenters. The SMILES string of the molecule is O=C(Nc1ccnc(OC2CCOC2)c1)C1CC(OC(F)(F)F)C1. The molecule has 2 aliphatic rings. The normalized spacial score (nSPS) is 26.7. The van der Waals surface area contributed by atoms with Gasteiger partial charge in [0.1, 0.15) is 6.10 Å². The Balaban J connectivity index is 1.48. The van der Waals surface area contributed by atoms with Gasteiger partial charge in [0.2, 0.25) is 11.8 Å². The highest BCUT2D eigenvalue weighted by Crippen LogP contribution is 2.35. The highest BCUT2D eigenvalue weighted by Gasteiger charge is 2.42. The number of alkyl halides is 3. The van der Waals surface area contributed by atoms with E-state index in [0.29, 0.717) is 24.8 Å². The van der Waals surface area contributed by atoms with E-state index in [2.05, 4.69) is 15.0 Å². The van der Waals surface area contributed by atoms with Crippen LogP contribution in [0.1, 0.15) is 19.3 Å². The smallest absolute Gasteiger partial charge is 0.472 e. The van der Waals surface area contributed by atoms with E-state index in [1.54, 1.807) is 12.1 Å². The van der Waals surface area contributed by atoms with Crippen LogP contribution in [0.15, 0.2) is 18.3 Å². The van der Waals surface area contributed by atoms with E-state index in [9.17, 15) is 18.0 Å². The fraction of sp³-hybridized carbons (Fsp3) is 0.600. The summed E-state index contributed by atoms with van der Waals surface area (Å²) in [6.07, 6.45) is -3.28. The van der Waals surface area contributed by atoms with Crippen LogP contribution in [-0.2, 0) is 14.3 Å². The number of nitrogens with zero attached hydrogens (tertiary/aromatic N) is 1. The van der Waals surface area contributed by atoms with Crippen LogP contribution in [0.5, 0.6) is 5.88 Å². The standard InChI is InChI=1S/C15H17F3N2O4/c16-15(17,18)24-12-5-9(6-12)14(21)20-10-1-3-19-13(7-10)23-11-2-4-22-8-11/h1,3,7,9,11-12H,2,4-6,8H2,(H,19,20,21). The van der Waals surface area contributed by atoms with Crippen LogP contribution in [-0.4, -0.2) is 42.7 Å². The Morgan fingerprint density at radius 1 is 1.33 bits per heavy atom. The topological polar surface area (TPSA) is 69.7 Å². The van der Waals surface area contributed by atoms with Gasteiger partial charge in [0.25, 0.3) is 0 Å². The third-order valence-corrected chi connectivity index (χ3v) is 3.94. The van der Waals surface area contributed by atoms with Crippen LogP contribution >= 0.6 is 0 Å². The minimum atomic E-state index is -4.66. The van der Waals surface area contributed by atoms with Gasteiger partial charge in [-0.1, -0.05) is 0 Å². The minimum Gasteiger partial charge on any atom is -0.472 e. The van der Waals surface area contributed by atoms with Crippen molar-refractivity contribution in [3.63, 3.8) is 0 Å². The van der Waals surface area contributed by atoms with E-state index in [-0.39, 0.29) is 24.9 Å². The second-order valence-electron chi connectivity index (χ2n) is 5.83. The van der Waals surface area contributed by atoms with Crippen LogP contribution < -0.4 is 10.1 Å². The average molecular weight is 346 g/mol. The Morgan fingerprint density at radius 2 is 2.12 bits per heavy atom. The summed E-state index contributed by atoms with van der Waals surface area (Å²) >= 11 is 0. The largest absolute Gasteiger partial charge is 0.522 e. The zero-order chi connectivity index (χ0) is 17.2. The second-order valence-corrected chi connectivity index (χ2v) is 5.83. The molecule has 9 heteroatoms. The predicted molar refractivity (Wildman–Crippen MR) is 76.4 cm³/mol. The Labute approximate surface area is 136 Å². The molecule has 24 heavy (non-hydrogen) atoms. The molecular weight excluding hydrogens is 329 g/mol. The van der Waals surface area contributed by atoms with Crippen molar-refractivity contribution in [2.24, 2.45) is 5.92 Å². The summed E-state index contributed by atoms with van der Waals surface area (Å²) in [4.78, 5) is 16.1. The van der Waals surface area contributed by atoms with Crippen molar-refractivity contribution < 1.29 is 32.2 Å². The van der Waals surface area contributed by atoms with Crippen molar-refractivity contribution >= 4 is 11.6 Å². The van der Waals surface area contributed by atoms with Gasteiger partial charge >= 0.3 is 6.36 Å². The molecule has 1 aliphatic carbocycles. The number of aromatic nitrogens is 1. The van der Waals surface area contributed by atoms with Crippen molar-refractivity contribution in [1.29, 1.82) is 0 Å². The summed E-state index contributed by atoms with van der Waals surface area (Å²) in [5.41, 5.74) is 0.490. The number of amides is 1. The first kappa shape index (κ1) is 17.0. The zero-order valence-corrected chi connectivity index (χ0v) is 12.7. The number of ether oxygens (including phenoxy) is 3. The molecule has 0 bridgehead atoms. The summed E-state index contributed by atoms with van der Waals surface area (Å²) < 4.78 is 50.9. The molecule has 1 amide bonds. The number of anilines is 1. The molecular formula is C15H17F3N2O4. The number of nitrogens with one attached hydrogen (secondary N) is 1. The maximum absolute atomic E-state index is 12.1. The summed E-state index contributed by atoms with van der Waals surface area (Å²) in [5.74, 6) is -0.452. The number of pyridine rings is 1. The molecule has 1 aromatic heterocycles. The molecule has 1 aliphatic heterocycles. The van der Waals surface area contributed by atoms with E-state index in [4.69, 9.17) is 9.47 Å². The molecule has 1 N–H and O–H groups in total. The molecule has 3 rings (SSSR count). The number of hydrogen-bond acceptors (Lipinski definition) is 5. The van der Waals surface area contributed by atoms with E-state index in [1.165, 1.54) is 6.20 Å². The number of rotatable bonds is 5. The lowest BCUT2D eigenvalue weighted by molar-refractivity contribution is -0.353. The van der Waals surface area contributed by atoms with Crippen molar-refractivity contribution in [1.82, 2.24) is 4.98 Å². The van der Waals surface area contributed by atoms with E-state index >= 15 is 0 Å². The van der Waals surface area contributed by atoms with E-state index in [1.807, 2.05) is 0 Å². The lowest BCUT2D eigenvalue weighted by Crippen LogP contribution is -2.41. The first-order chi connectivity index (χ1) is 11.4. The van der Waals surface area contributed by atoms with Gasteiger partial charge in [-0.05, 0) is 18.9 Å². The summed E-state index contributed by atoms with van der Waals surface area (Å²) in [6, 6.07) is 3.18. The minimum absolute atomic E-state index is 0.0548. The number of carbonyl (C=O) groups excluding carboxylic acids is 1. The van der Waals surface area contributed by atoms with Gasteiger partial charge in [0.15, 0.2) is 0 Å². The van der Waals surface area contributed by atoms with Gasteiger partial charge in [-0.15, -0.1) is 13.2 Å². The molecule has 1 aromatic rings. The maximum atomic E-state index is 12.1. The van der Waals surface area contributed by atoms with Gasteiger partial charge in [0, 0.05) is 30.3 Å². The van der Waals surface area contributed by atoms with Gasteiger partial charge < -0.3 is 14.8 Å². The summed E-state index contributed by atoms with van der Waals surface area (Å²) in [5, 5.41) is 2.67. The van der Waals surface area contributed by atoms with E-state index < -0.39 is 18.4 Å². The van der Waals surface area contributed by atoms with Crippen LogP contribution in [0.3, 0.4) is 0 Å². The molecule has 132 valence electrons. The fourth-order valence-electron chi connectivity index (χ4n) is 2.64. The molecule has 2 heterocycles. The van der Waals surface area contributed by atoms with Crippen molar-refractivity contribution in [3.05, 3.63) is 18.3 Å². The quantitative estimate of drug-likeness (QED) is 0.887. The van der Waals surface area contributed by atoms with Gasteiger partial charge in [-0.25, -0.2) is 4.98 Å². The van der Waals surface area contributed by atoms with Crippen molar-refractivity contribution in [2.45, 2.75) is 37.8 Å². The monoisotopic (exact) mass is 346 g/mol. The molecule has 2 fully saturated rings. The van der Waals surface area contributed by atoms with Gasteiger partial charge in [0.05, 0.1) is 19.3 Å². The lowest BCUT2D eigenvalue weighted by Gasteiger charge is -2.34. The van der Waals surface area contributed by atoms with Gasteiger partial charge in [-0.3, -0.25) is 9.53 Å². The number of halogens is 3. The molecule has 6 nitrogen and oxygen atoms in total. The van der Waals surface area contributed by atoms with E-state index in [0.717, 1.165) is 6.42 Å². The first-order valence-corrected chi connectivity index (χ1v) is 7.65. The Bertz CT molecular complexity index is 584. The number of carbonyl (C=O) groups is 1. The predicted octanol–water partition coefficient (Wildman–Crippen LogP) is 2.50. The highest BCUT2D eigenvalue weighted by atomic mass is 19.4. The van der Waals surface area contributed by atoms with Gasteiger partial charge in [-0.2, -0.15) is 0 Å². The number of hydrogen-bond donors (Lipinski definition) is 1. The van der Waals surface area contributed by atoms with Crippen LogP contribution in [0.25, 0.3) is 0 Å². The molecule has 0 radical (unpaired) electrons. The molecule has 1 unspecified atom stereocenters. The third kappa shape index (κ3) is 4.57. The third-order valence-electron chi connectivity index (χ3n) is 3.94. The Hall–Kier alpha value is -1.87. The lowest BCUT2D eigenvalue weighted by atomic mass is 9.81. The average Bonchev–Trinajstić information content (AvgIpc) is 2.94. The highest BCUT2D eigenvalue weighted by molar-refractivity contribution is 5.93. The molecule has 1 saturated carbocycles. The van der Waals surface area contributed by atoms with Crippen LogP contribution in [0.4, 0.5) is 18.9 Å². The Kier molecular flexibility index (Phi) is 4.91. The second kappa shape index (κ2) is 6.94. The zero-order valence-electron chi connectivity index (χ0n) is 12.7. The molecule has 0 aromatic carbocycles. The summed E-state index contributed by atoms with van der Waals surface area (Å²) in [7, 11) is 0. The van der Waals surface area contributed by atoms with Crippen LogP contribution in [0, 0.1) is 5.92 Å². The van der Waals surface area contributed by atoms with Crippen molar-refractivity contribution in [3.8, 4) is 5.88 Å². The first-order valence-electron chi connectivity index (χ1n) is 7.65. The fourth-order valence-corrected chi connectivity index (χ4v) is 2.64. The van der Waals surface area contributed by atoms with Crippen molar-refractivity contribution in [2.75, 3.05) is 18.5 Å². The van der Waals surface area contributed by atoms with Crippen LogP contribution in [0.2, 0.25) is 0 Å². The Morgan fingerprint density at radius 3 is 2.79 bits per heavy atom. The molecule has 0 spiro atoms. The summed E-state index contributed by atoms with van der Waals surface area (Å²) in [6.45, 7) is 1.14.